The molecule has 0 aromatic carbocycles. The zero-order chi connectivity index (χ0) is 16.2. The van der Waals surface area contributed by atoms with Gasteiger partial charge in [0.2, 0.25) is 5.91 Å². The van der Waals surface area contributed by atoms with Crippen LogP contribution >= 0.6 is 0 Å². The van der Waals surface area contributed by atoms with E-state index in [0.717, 1.165) is 52.4 Å². The Balaban J connectivity index is 2.38. The lowest BCUT2D eigenvalue weighted by Crippen LogP contribution is -2.46. The van der Waals surface area contributed by atoms with Crippen molar-refractivity contribution in [3.63, 3.8) is 0 Å². The van der Waals surface area contributed by atoms with Gasteiger partial charge in [0.05, 0.1) is 19.3 Å². The van der Waals surface area contributed by atoms with Crippen LogP contribution in [0, 0.1) is 0 Å². The summed E-state index contributed by atoms with van der Waals surface area (Å²) in [6, 6.07) is 0. The van der Waals surface area contributed by atoms with E-state index < -0.39 is 6.10 Å². The van der Waals surface area contributed by atoms with Crippen molar-refractivity contribution in [2.45, 2.75) is 6.10 Å². The van der Waals surface area contributed by atoms with Crippen LogP contribution in [0.5, 0.6) is 0 Å². The van der Waals surface area contributed by atoms with Crippen LogP contribution in [0.2, 0.25) is 0 Å². The van der Waals surface area contributed by atoms with Gasteiger partial charge in [-0.3, -0.25) is 9.69 Å². The topological polar surface area (TPSA) is 100 Å². The lowest BCUT2D eigenvalue weighted by atomic mass is 10.3. The Morgan fingerprint density at radius 3 is 2.09 bits per heavy atom. The molecule has 0 aromatic heterocycles. The number of nitrogens with one attached hydrogen (secondary N) is 3. The molecule has 0 saturated carbocycles. The lowest BCUT2D eigenvalue weighted by Gasteiger charge is -2.26. The van der Waals surface area contributed by atoms with Crippen molar-refractivity contribution in [2.24, 2.45) is 0 Å². The number of hydrogen-bond acceptors (Lipinski definition) is 7. The zero-order valence-electron chi connectivity index (χ0n) is 13.6. The van der Waals surface area contributed by atoms with Crippen LogP contribution in [-0.4, -0.2) is 111 Å². The average molecular weight is 317 g/mol. The minimum atomic E-state index is -0.879. The third-order valence-electron chi connectivity index (χ3n) is 3.65. The van der Waals surface area contributed by atoms with Crippen LogP contribution in [-0.2, 0) is 4.79 Å². The quantitative estimate of drug-likeness (QED) is 0.366. The monoisotopic (exact) mass is 317 g/mol. The van der Waals surface area contributed by atoms with Gasteiger partial charge in [-0.1, -0.05) is 0 Å². The van der Waals surface area contributed by atoms with E-state index in [4.69, 9.17) is 5.11 Å². The third-order valence-corrected chi connectivity index (χ3v) is 3.65. The number of aliphatic hydroxyl groups excluding tert-OH is 2. The maximum absolute atomic E-state index is 12.2. The highest BCUT2D eigenvalue weighted by molar-refractivity contribution is 5.78. The largest absolute Gasteiger partial charge is 0.394 e. The van der Waals surface area contributed by atoms with Crippen molar-refractivity contribution < 1.29 is 15.0 Å². The molecule has 0 bridgehead atoms. The second-order valence-corrected chi connectivity index (χ2v) is 5.64. The second kappa shape index (κ2) is 11.8. The standard InChI is InChI=1S/C14H31N5O3/c1-18(10-13(21)12-20)14(22)11-19-8-6-16-4-2-15-3-5-17-7-9-19/h13,15-17,20-21H,2-12H2,1H3. The molecule has 1 amide bonds. The molecule has 1 saturated heterocycles. The molecule has 0 spiro atoms. The summed E-state index contributed by atoms with van der Waals surface area (Å²) in [5.74, 6) is -0.0405. The summed E-state index contributed by atoms with van der Waals surface area (Å²) in [5.41, 5.74) is 0. The molecule has 5 N–H and O–H groups in total. The minimum absolute atomic E-state index is 0.0405. The van der Waals surface area contributed by atoms with Gasteiger partial charge in [0, 0.05) is 66.0 Å². The summed E-state index contributed by atoms with van der Waals surface area (Å²) in [5, 5.41) is 28.3. The van der Waals surface area contributed by atoms with Crippen molar-refractivity contribution in [2.75, 3.05) is 79.1 Å². The molecule has 8 heteroatoms. The molecule has 1 aliphatic heterocycles. The molecule has 8 nitrogen and oxygen atoms in total. The smallest absolute Gasteiger partial charge is 0.236 e. The van der Waals surface area contributed by atoms with Crippen LogP contribution in [0.1, 0.15) is 0 Å². The molecular formula is C14H31N5O3. The first-order chi connectivity index (χ1) is 10.6. The van der Waals surface area contributed by atoms with Crippen LogP contribution in [0.3, 0.4) is 0 Å². The SMILES string of the molecule is CN(CC(O)CO)C(=O)CN1CCNCCNCCNCC1. The van der Waals surface area contributed by atoms with Crippen LogP contribution in [0.4, 0.5) is 0 Å². The number of carbonyl (C=O) groups excluding carboxylic acids is 1. The third kappa shape index (κ3) is 8.62. The summed E-state index contributed by atoms with van der Waals surface area (Å²) >= 11 is 0. The normalized spacial score (nSPS) is 20.7. The predicted octanol–water partition coefficient (Wildman–Crippen LogP) is -3.12. The van der Waals surface area contributed by atoms with Gasteiger partial charge in [-0.15, -0.1) is 0 Å². The lowest BCUT2D eigenvalue weighted by molar-refractivity contribution is -0.132. The summed E-state index contributed by atoms with van der Waals surface area (Å²) < 4.78 is 0. The van der Waals surface area contributed by atoms with Crippen molar-refractivity contribution in [3.05, 3.63) is 0 Å². The van der Waals surface area contributed by atoms with Gasteiger partial charge in [0.25, 0.3) is 0 Å². The average Bonchev–Trinajstić information content (AvgIpc) is 2.49. The van der Waals surface area contributed by atoms with E-state index in [-0.39, 0.29) is 19.1 Å². The van der Waals surface area contributed by atoms with Crippen molar-refractivity contribution in [1.82, 2.24) is 25.8 Å². The maximum Gasteiger partial charge on any atom is 0.236 e. The fourth-order valence-corrected chi connectivity index (χ4v) is 2.26. The Kier molecular flexibility index (Phi) is 10.3. The van der Waals surface area contributed by atoms with E-state index >= 15 is 0 Å². The predicted molar refractivity (Wildman–Crippen MR) is 85.8 cm³/mol. The molecule has 1 fully saturated rings. The molecule has 1 heterocycles. The summed E-state index contributed by atoms with van der Waals surface area (Å²) in [4.78, 5) is 15.8. The van der Waals surface area contributed by atoms with Gasteiger partial charge in [-0.2, -0.15) is 0 Å². The molecule has 1 atom stereocenters. The number of carbonyl (C=O) groups is 1. The molecule has 0 aromatic rings. The molecule has 130 valence electrons. The Bertz CT molecular complexity index is 294. The fourth-order valence-electron chi connectivity index (χ4n) is 2.26. The van der Waals surface area contributed by atoms with Gasteiger partial charge >= 0.3 is 0 Å². The number of amides is 1. The van der Waals surface area contributed by atoms with Gasteiger partial charge in [0.1, 0.15) is 0 Å². The number of nitrogens with zero attached hydrogens (tertiary/aromatic N) is 2. The minimum Gasteiger partial charge on any atom is -0.394 e. The van der Waals surface area contributed by atoms with Crippen molar-refractivity contribution in [3.8, 4) is 0 Å². The molecule has 0 radical (unpaired) electrons. The number of hydrogen-bond donors (Lipinski definition) is 5. The van der Waals surface area contributed by atoms with Gasteiger partial charge < -0.3 is 31.1 Å². The van der Waals surface area contributed by atoms with E-state index in [0.29, 0.717) is 6.54 Å². The van der Waals surface area contributed by atoms with Gasteiger partial charge in [-0.05, 0) is 0 Å². The molecule has 22 heavy (non-hydrogen) atoms. The molecule has 0 aliphatic carbocycles. The molecule has 1 unspecified atom stereocenters. The number of rotatable bonds is 5. The van der Waals surface area contributed by atoms with Crippen LogP contribution in [0.25, 0.3) is 0 Å². The van der Waals surface area contributed by atoms with E-state index in [1.54, 1.807) is 7.05 Å². The molecule has 1 aliphatic rings. The summed E-state index contributed by atoms with van der Waals surface area (Å²) in [6.45, 7) is 7.20. The van der Waals surface area contributed by atoms with Crippen LogP contribution < -0.4 is 16.0 Å². The Hall–Kier alpha value is -0.770. The number of likely N-dealkylation sites (N-methyl/N-ethyl adjacent to an activating group) is 1. The highest BCUT2D eigenvalue weighted by Gasteiger charge is 2.16. The number of aliphatic hydroxyl groups is 2. The zero-order valence-corrected chi connectivity index (χ0v) is 13.6. The van der Waals surface area contributed by atoms with Gasteiger partial charge in [0.15, 0.2) is 0 Å². The summed E-state index contributed by atoms with van der Waals surface area (Å²) in [6.07, 6.45) is -0.879. The summed E-state index contributed by atoms with van der Waals surface area (Å²) in [7, 11) is 1.65. The fraction of sp³-hybridized carbons (Fsp3) is 0.929. The Morgan fingerprint density at radius 2 is 1.59 bits per heavy atom. The van der Waals surface area contributed by atoms with Crippen LogP contribution in [0.15, 0.2) is 0 Å². The highest BCUT2D eigenvalue weighted by atomic mass is 16.3. The first-order valence-corrected chi connectivity index (χ1v) is 8.01. The van der Waals surface area contributed by atoms with Crippen molar-refractivity contribution >= 4 is 5.91 Å². The Morgan fingerprint density at radius 1 is 1.09 bits per heavy atom. The molecule has 1 rings (SSSR count). The Labute approximate surface area is 132 Å². The molecular weight excluding hydrogens is 286 g/mol. The highest BCUT2D eigenvalue weighted by Crippen LogP contribution is 1.95. The van der Waals surface area contributed by atoms with Crippen molar-refractivity contribution in [1.29, 1.82) is 0 Å². The maximum atomic E-state index is 12.2. The first kappa shape index (κ1) is 19.3. The van der Waals surface area contributed by atoms with E-state index in [2.05, 4.69) is 20.9 Å². The first-order valence-electron chi connectivity index (χ1n) is 8.01. The van der Waals surface area contributed by atoms with E-state index in [1.165, 1.54) is 4.90 Å². The van der Waals surface area contributed by atoms with E-state index in [1.807, 2.05) is 0 Å². The van der Waals surface area contributed by atoms with E-state index in [9.17, 15) is 9.90 Å². The van der Waals surface area contributed by atoms with Gasteiger partial charge in [-0.25, -0.2) is 0 Å². The second-order valence-electron chi connectivity index (χ2n) is 5.64.